The number of aromatic amines is 1. The van der Waals surface area contributed by atoms with Gasteiger partial charge in [-0.1, -0.05) is 18.2 Å². The van der Waals surface area contributed by atoms with Crippen molar-refractivity contribution in [2.75, 3.05) is 26.7 Å². The van der Waals surface area contributed by atoms with Gasteiger partial charge in [-0.15, -0.1) is 0 Å². The summed E-state index contributed by atoms with van der Waals surface area (Å²) in [6.07, 6.45) is 5.02. The number of rotatable bonds is 5. The Bertz CT molecular complexity index is 1080. The molecule has 30 heavy (non-hydrogen) atoms. The van der Waals surface area contributed by atoms with E-state index in [9.17, 15) is 9.59 Å². The van der Waals surface area contributed by atoms with Gasteiger partial charge in [0, 0.05) is 49.9 Å². The van der Waals surface area contributed by atoms with E-state index in [1.165, 1.54) is 5.39 Å². The Kier molecular flexibility index (Phi) is 4.81. The molecule has 2 fully saturated rings. The molecule has 2 amide bonds. The van der Waals surface area contributed by atoms with Gasteiger partial charge in [0.2, 0.25) is 5.91 Å². The molecule has 0 spiro atoms. The van der Waals surface area contributed by atoms with Crippen molar-refractivity contribution < 1.29 is 9.59 Å². The molecule has 0 radical (unpaired) electrons. The minimum atomic E-state index is 0.0367. The first-order valence-corrected chi connectivity index (χ1v) is 10.8. The summed E-state index contributed by atoms with van der Waals surface area (Å²) in [6, 6.07) is 16.2. The van der Waals surface area contributed by atoms with Crippen molar-refractivity contribution in [3.63, 3.8) is 0 Å². The molecule has 0 unspecified atom stereocenters. The van der Waals surface area contributed by atoms with Gasteiger partial charge in [-0.3, -0.25) is 9.59 Å². The van der Waals surface area contributed by atoms with E-state index in [-0.39, 0.29) is 11.8 Å². The summed E-state index contributed by atoms with van der Waals surface area (Å²) >= 11 is 0. The molecule has 1 saturated carbocycles. The molecule has 154 valence electrons. The van der Waals surface area contributed by atoms with Gasteiger partial charge in [0.05, 0.1) is 0 Å². The Balaban J connectivity index is 1.21. The summed E-state index contributed by atoms with van der Waals surface area (Å²) in [7, 11) is 1.86. The predicted molar refractivity (Wildman–Crippen MR) is 118 cm³/mol. The van der Waals surface area contributed by atoms with E-state index in [4.69, 9.17) is 0 Å². The summed E-state index contributed by atoms with van der Waals surface area (Å²) < 4.78 is 0. The first-order valence-electron chi connectivity index (χ1n) is 10.8. The molecule has 1 aliphatic heterocycles. The molecule has 1 saturated heterocycles. The van der Waals surface area contributed by atoms with Crippen LogP contribution < -0.4 is 0 Å². The number of fused-ring (bicyclic) bond motifs is 1. The molecule has 2 heterocycles. The number of nitrogens with one attached hydrogen (secondary N) is 1. The van der Waals surface area contributed by atoms with E-state index < -0.39 is 0 Å². The molecule has 1 atom stereocenters. The van der Waals surface area contributed by atoms with Crippen molar-refractivity contribution in [1.29, 1.82) is 0 Å². The van der Waals surface area contributed by atoms with Gasteiger partial charge in [-0.25, -0.2) is 0 Å². The first-order chi connectivity index (χ1) is 14.6. The molecule has 1 aliphatic carbocycles. The number of amides is 2. The molecular weight excluding hydrogens is 374 g/mol. The number of benzene rings is 2. The molecule has 1 aromatic heterocycles. The van der Waals surface area contributed by atoms with Gasteiger partial charge >= 0.3 is 0 Å². The second kappa shape index (κ2) is 7.63. The van der Waals surface area contributed by atoms with Gasteiger partial charge in [-0.2, -0.15) is 0 Å². The predicted octanol–water partition coefficient (Wildman–Crippen LogP) is 4.17. The van der Waals surface area contributed by atoms with Crippen LogP contribution in [0.4, 0.5) is 0 Å². The standard InChI is InChI=1S/C25H27N3O2/c1-27(15-17-11-13-28(16-17)25(30)20-6-7-20)24(29)19-4-2-18(3-5-19)21-8-9-23-22(14-21)10-12-26-23/h2-5,8-10,12,14,17,20,26H,6-7,11,13,15-16H2,1H3/t17-/m0/s1. The van der Waals surface area contributed by atoms with Crippen LogP contribution in [0.25, 0.3) is 22.0 Å². The van der Waals surface area contributed by atoms with Crippen LogP contribution in [0.1, 0.15) is 29.6 Å². The number of likely N-dealkylation sites (tertiary alicyclic amines) is 1. The Morgan fingerprint density at radius 1 is 1.03 bits per heavy atom. The number of carbonyl (C=O) groups excluding carboxylic acids is 2. The molecule has 5 rings (SSSR count). The minimum Gasteiger partial charge on any atom is -0.361 e. The Morgan fingerprint density at radius 2 is 1.80 bits per heavy atom. The average molecular weight is 402 g/mol. The van der Waals surface area contributed by atoms with Crippen molar-refractivity contribution in [2.24, 2.45) is 11.8 Å². The zero-order chi connectivity index (χ0) is 20.7. The maximum Gasteiger partial charge on any atom is 0.253 e. The van der Waals surface area contributed by atoms with Crippen molar-refractivity contribution in [2.45, 2.75) is 19.3 Å². The van der Waals surface area contributed by atoms with E-state index in [1.54, 1.807) is 4.90 Å². The number of aromatic nitrogens is 1. The first kappa shape index (κ1) is 18.9. The van der Waals surface area contributed by atoms with Gasteiger partial charge in [0.15, 0.2) is 0 Å². The van der Waals surface area contributed by atoms with Crippen molar-refractivity contribution in [1.82, 2.24) is 14.8 Å². The maximum atomic E-state index is 12.9. The second-order valence-corrected chi connectivity index (χ2v) is 8.76. The van der Waals surface area contributed by atoms with Crippen LogP contribution in [0.3, 0.4) is 0 Å². The molecule has 5 heteroatoms. The fraction of sp³-hybridized carbons (Fsp3) is 0.360. The van der Waals surface area contributed by atoms with Crippen LogP contribution in [0.15, 0.2) is 54.7 Å². The topological polar surface area (TPSA) is 56.4 Å². The molecular formula is C25H27N3O2. The van der Waals surface area contributed by atoms with Crippen molar-refractivity contribution in [3.05, 3.63) is 60.3 Å². The molecule has 3 aromatic rings. The third kappa shape index (κ3) is 3.72. The zero-order valence-corrected chi connectivity index (χ0v) is 17.3. The lowest BCUT2D eigenvalue weighted by molar-refractivity contribution is -0.131. The van der Waals surface area contributed by atoms with E-state index in [0.717, 1.165) is 49.0 Å². The highest BCUT2D eigenvalue weighted by atomic mass is 16.2. The van der Waals surface area contributed by atoms with Gasteiger partial charge in [0.1, 0.15) is 0 Å². The van der Waals surface area contributed by atoms with Crippen LogP contribution in [0, 0.1) is 11.8 Å². The van der Waals surface area contributed by atoms with Crippen molar-refractivity contribution in [3.8, 4) is 11.1 Å². The Morgan fingerprint density at radius 3 is 2.57 bits per heavy atom. The number of hydrogen-bond donors (Lipinski definition) is 1. The summed E-state index contributed by atoms with van der Waals surface area (Å²) in [5.41, 5.74) is 4.06. The largest absolute Gasteiger partial charge is 0.361 e. The Labute approximate surface area is 176 Å². The highest BCUT2D eigenvalue weighted by molar-refractivity contribution is 5.95. The number of hydrogen-bond acceptors (Lipinski definition) is 2. The Hall–Kier alpha value is -3.08. The summed E-state index contributed by atoms with van der Waals surface area (Å²) in [6.45, 7) is 2.31. The highest BCUT2D eigenvalue weighted by Gasteiger charge is 2.36. The van der Waals surface area contributed by atoms with Crippen LogP contribution in [-0.4, -0.2) is 53.3 Å². The minimum absolute atomic E-state index is 0.0367. The van der Waals surface area contributed by atoms with Crippen LogP contribution in [-0.2, 0) is 4.79 Å². The fourth-order valence-electron chi connectivity index (χ4n) is 4.50. The number of carbonyl (C=O) groups is 2. The van der Waals surface area contributed by atoms with E-state index >= 15 is 0 Å². The lowest BCUT2D eigenvalue weighted by Gasteiger charge is -2.22. The molecule has 5 nitrogen and oxygen atoms in total. The van der Waals surface area contributed by atoms with Crippen LogP contribution in [0.5, 0.6) is 0 Å². The molecule has 1 N–H and O–H groups in total. The monoisotopic (exact) mass is 401 g/mol. The highest BCUT2D eigenvalue weighted by Crippen LogP contribution is 2.33. The molecule has 2 aliphatic rings. The summed E-state index contributed by atoms with van der Waals surface area (Å²) in [5, 5.41) is 1.18. The SMILES string of the molecule is CN(C[C@@H]1CCN(C(=O)C2CC2)C1)C(=O)c1ccc(-c2ccc3[nH]ccc3c2)cc1. The van der Waals surface area contributed by atoms with Gasteiger partial charge < -0.3 is 14.8 Å². The quantitative estimate of drug-likeness (QED) is 0.698. The van der Waals surface area contributed by atoms with E-state index in [2.05, 4.69) is 29.2 Å². The van der Waals surface area contributed by atoms with Gasteiger partial charge in [0.25, 0.3) is 5.91 Å². The third-order valence-electron chi connectivity index (χ3n) is 6.42. The third-order valence-corrected chi connectivity index (χ3v) is 6.42. The smallest absolute Gasteiger partial charge is 0.253 e. The van der Waals surface area contributed by atoms with E-state index in [1.807, 2.05) is 42.4 Å². The normalized spacial score (nSPS) is 18.7. The lowest BCUT2D eigenvalue weighted by Crippen LogP contribution is -2.34. The summed E-state index contributed by atoms with van der Waals surface area (Å²) in [4.78, 5) is 32.1. The fourth-order valence-corrected chi connectivity index (χ4v) is 4.50. The van der Waals surface area contributed by atoms with Gasteiger partial charge in [-0.05, 0) is 72.0 Å². The van der Waals surface area contributed by atoms with Crippen molar-refractivity contribution >= 4 is 22.7 Å². The zero-order valence-electron chi connectivity index (χ0n) is 17.3. The maximum absolute atomic E-state index is 12.9. The molecule has 2 aromatic carbocycles. The van der Waals surface area contributed by atoms with E-state index in [0.29, 0.717) is 23.9 Å². The number of H-pyrrole nitrogens is 1. The average Bonchev–Trinajstić information content (AvgIpc) is 3.34. The number of nitrogens with zero attached hydrogens (tertiary/aromatic N) is 2. The van der Waals surface area contributed by atoms with Crippen LogP contribution >= 0.6 is 0 Å². The second-order valence-electron chi connectivity index (χ2n) is 8.76. The molecule has 0 bridgehead atoms. The lowest BCUT2D eigenvalue weighted by atomic mass is 10.0. The summed E-state index contributed by atoms with van der Waals surface area (Å²) in [5.74, 6) is 1.00. The van der Waals surface area contributed by atoms with Crippen LogP contribution in [0.2, 0.25) is 0 Å².